The highest BCUT2D eigenvalue weighted by molar-refractivity contribution is 6.37. The first-order chi connectivity index (χ1) is 15.1. The van der Waals surface area contributed by atoms with Crippen LogP contribution in [0.4, 0.5) is 5.69 Å². The molecule has 0 heterocycles. The number of phenols is 1. The maximum atomic E-state index is 11.9. The lowest BCUT2D eigenvalue weighted by Gasteiger charge is -2.23. The summed E-state index contributed by atoms with van der Waals surface area (Å²) in [5, 5.41) is 12.9. The Balaban J connectivity index is 2.20. The minimum absolute atomic E-state index is 0.138. The van der Waals surface area contributed by atoms with Crippen molar-refractivity contribution in [3.05, 3.63) is 47.0 Å². The van der Waals surface area contributed by atoms with Crippen LogP contribution in [-0.2, 0) is 20.9 Å². The zero-order chi connectivity index (χ0) is 23.8. The van der Waals surface area contributed by atoms with Crippen molar-refractivity contribution in [3.8, 4) is 17.2 Å². The van der Waals surface area contributed by atoms with Gasteiger partial charge in [-0.25, -0.2) is 4.79 Å². The van der Waals surface area contributed by atoms with Crippen molar-refractivity contribution < 1.29 is 24.2 Å². The van der Waals surface area contributed by atoms with Gasteiger partial charge in [0.25, 0.3) is 0 Å². The molecule has 0 saturated heterocycles. The molecule has 7 nitrogen and oxygen atoms in total. The number of ether oxygens (including phenoxy) is 2. The molecule has 32 heavy (non-hydrogen) atoms. The Kier molecular flexibility index (Phi) is 9.08. The van der Waals surface area contributed by atoms with Crippen molar-refractivity contribution >= 4 is 17.6 Å². The van der Waals surface area contributed by atoms with Crippen molar-refractivity contribution in [1.29, 1.82) is 0 Å². The maximum absolute atomic E-state index is 11.9. The van der Waals surface area contributed by atoms with Gasteiger partial charge in [-0.3, -0.25) is 9.69 Å². The van der Waals surface area contributed by atoms with Crippen LogP contribution in [0.15, 0.2) is 30.3 Å². The number of nitrogens with one attached hydrogen (secondary N) is 1. The number of hydrogen-bond donors (Lipinski definition) is 2. The van der Waals surface area contributed by atoms with E-state index in [-0.39, 0.29) is 12.4 Å². The van der Waals surface area contributed by atoms with Crippen molar-refractivity contribution in [2.45, 2.75) is 48.1 Å². The second kappa shape index (κ2) is 11.5. The van der Waals surface area contributed by atoms with Crippen molar-refractivity contribution in [2.24, 2.45) is 5.92 Å². The maximum Gasteiger partial charge on any atom is 0.397 e. The van der Waals surface area contributed by atoms with E-state index >= 15 is 0 Å². The molecule has 2 aromatic rings. The number of rotatable bonds is 9. The van der Waals surface area contributed by atoms with Crippen LogP contribution in [0.25, 0.3) is 0 Å². The van der Waals surface area contributed by atoms with Gasteiger partial charge in [0.2, 0.25) is 0 Å². The summed E-state index contributed by atoms with van der Waals surface area (Å²) < 4.78 is 10.9. The first-order valence-electron chi connectivity index (χ1n) is 11.0. The van der Waals surface area contributed by atoms with Gasteiger partial charge >= 0.3 is 11.9 Å². The molecular formula is C25H34N2O5. The number of carbonyl (C=O) groups excluding carboxylic acids is 2. The largest absolute Gasteiger partial charge is 0.508 e. The average molecular weight is 443 g/mol. The molecule has 0 unspecified atom stereocenters. The molecule has 0 spiro atoms. The fraction of sp³-hybridized carbons (Fsp3) is 0.440. The number of phenolic OH excluding ortho intramolecular Hbond substituents is 1. The number of aryl methyl sites for hydroxylation is 2. The third-order valence-corrected chi connectivity index (χ3v) is 4.91. The smallest absolute Gasteiger partial charge is 0.397 e. The molecule has 0 aromatic heterocycles. The minimum Gasteiger partial charge on any atom is -0.508 e. The predicted octanol–water partition coefficient (Wildman–Crippen LogP) is 4.78. The Morgan fingerprint density at radius 2 is 1.75 bits per heavy atom. The highest BCUT2D eigenvalue weighted by Crippen LogP contribution is 2.33. The van der Waals surface area contributed by atoms with E-state index in [1.807, 2.05) is 19.9 Å². The number of benzene rings is 2. The van der Waals surface area contributed by atoms with Crippen LogP contribution in [0.5, 0.6) is 17.2 Å². The normalized spacial score (nSPS) is 11.0. The number of amides is 1. The van der Waals surface area contributed by atoms with E-state index in [1.165, 1.54) is 0 Å². The fourth-order valence-electron chi connectivity index (χ4n) is 3.49. The van der Waals surface area contributed by atoms with Crippen LogP contribution in [0.1, 0.15) is 44.4 Å². The molecule has 0 bridgehead atoms. The minimum atomic E-state index is -0.918. The zero-order valence-corrected chi connectivity index (χ0v) is 19.8. The lowest BCUT2D eigenvalue weighted by Crippen LogP contribution is -2.27. The topological polar surface area (TPSA) is 88.1 Å². The second-order valence-electron chi connectivity index (χ2n) is 8.23. The third kappa shape index (κ3) is 6.99. The molecule has 0 aliphatic carbocycles. The van der Waals surface area contributed by atoms with Gasteiger partial charge < -0.3 is 19.9 Å². The third-order valence-electron chi connectivity index (χ3n) is 4.91. The van der Waals surface area contributed by atoms with E-state index in [0.29, 0.717) is 29.6 Å². The Morgan fingerprint density at radius 1 is 1.09 bits per heavy atom. The van der Waals surface area contributed by atoms with Crippen LogP contribution in [-0.4, -0.2) is 41.6 Å². The Morgan fingerprint density at radius 3 is 2.31 bits per heavy atom. The Bertz CT molecular complexity index is 932. The van der Waals surface area contributed by atoms with E-state index in [2.05, 4.69) is 31.0 Å². The molecule has 0 aliphatic heterocycles. The van der Waals surface area contributed by atoms with Crippen LogP contribution in [0, 0.1) is 19.8 Å². The van der Waals surface area contributed by atoms with Gasteiger partial charge in [-0.2, -0.15) is 0 Å². The molecule has 1 amide bonds. The number of carbonyl (C=O) groups is 2. The molecular weight excluding hydrogens is 408 g/mol. The summed E-state index contributed by atoms with van der Waals surface area (Å²) >= 11 is 0. The quantitative estimate of drug-likeness (QED) is 0.429. The molecule has 0 fully saturated rings. The number of esters is 1. The van der Waals surface area contributed by atoms with Crippen LogP contribution < -0.4 is 10.1 Å². The van der Waals surface area contributed by atoms with Crippen LogP contribution in [0.3, 0.4) is 0 Å². The van der Waals surface area contributed by atoms with Crippen molar-refractivity contribution in [3.63, 3.8) is 0 Å². The van der Waals surface area contributed by atoms with Gasteiger partial charge in [-0.05, 0) is 74.7 Å². The Hall–Kier alpha value is -3.06. The molecule has 174 valence electrons. The molecule has 0 aliphatic rings. The highest BCUT2D eigenvalue weighted by atomic mass is 16.5. The summed E-state index contributed by atoms with van der Waals surface area (Å²) in [7, 11) is 0. The van der Waals surface area contributed by atoms with Crippen molar-refractivity contribution in [1.82, 2.24) is 4.90 Å². The molecule has 7 heteroatoms. The van der Waals surface area contributed by atoms with Crippen LogP contribution >= 0.6 is 0 Å². The van der Waals surface area contributed by atoms with E-state index in [4.69, 9.17) is 9.47 Å². The molecule has 2 N–H and O–H groups in total. The zero-order valence-electron chi connectivity index (χ0n) is 19.8. The van der Waals surface area contributed by atoms with Crippen molar-refractivity contribution in [2.75, 3.05) is 25.0 Å². The van der Waals surface area contributed by atoms with E-state index in [0.717, 1.165) is 29.8 Å². The monoisotopic (exact) mass is 442 g/mol. The van der Waals surface area contributed by atoms with Gasteiger partial charge in [0.1, 0.15) is 17.2 Å². The first-order valence-corrected chi connectivity index (χ1v) is 11.0. The highest BCUT2D eigenvalue weighted by Gasteiger charge is 2.17. The summed E-state index contributed by atoms with van der Waals surface area (Å²) in [6.07, 6.45) is 0. The summed E-state index contributed by atoms with van der Waals surface area (Å²) in [4.78, 5) is 25.7. The van der Waals surface area contributed by atoms with E-state index < -0.39 is 11.9 Å². The molecule has 0 radical (unpaired) electrons. The summed E-state index contributed by atoms with van der Waals surface area (Å²) in [5.41, 5.74) is 2.89. The SMILES string of the molecule is CCOC(=O)C(=O)Nc1cc(C)c(Oc2ccc(O)c(CN(CC)CC(C)C)c2)c(C)c1. The van der Waals surface area contributed by atoms with Gasteiger partial charge in [0.05, 0.1) is 6.61 Å². The molecule has 0 saturated carbocycles. The van der Waals surface area contributed by atoms with E-state index in [1.54, 1.807) is 31.2 Å². The predicted molar refractivity (Wildman–Crippen MR) is 125 cm³/mol. The second-order valence-corrected chi connectivity index (χ2v) is 8.23. The van der Waals surface area contributed by atoms with Crippen LogP contribution in [0.2, 0.25) is 0 Å². The van der Waals surface area contributed by atoms with Gasteiger partial charge in [0.15, 0.2) is 0 Å². The fourth-order valence-corrected chi connectivity index (χ4v) is 3.49. The number of anilines is 1. The average Bonchev–Trinajstić information content (AvgIpc) is 2.72. The standard InChI is InChI=1S/C25H34N2O5/c1-7-27(14-16(3)4)15-19-13-21(9-10-22(19)28)32-23-17(5)11-20(12-18(23)6)26-24(29)25(30)31-8-2/h9-13,16,28H,7-8,14-15H2,1-6H3,(H,26,29). The molecule has 2 rings (SSSR count). The van der Waals surface area contributed by atoms with Gasteiger partial charge in [-0.1, -0.05) is 20.8 Å². The van der Waals surface area contributed by atoms with E-state index in [9.17, 15) is 14.7 Å². The number of hydrogen-bond acceptors (Lipinski definition) is 6. The molecule has 2 aromatic carbocycles. The summed E-state index contributed by atoms with van der Waals surface area (Å²) in [5.74, 6) is 0.315. The lowest BCUT2D eigenvalue weighted by atomic mass is 10.1. The first kappa shape index (κ1) is 25.2. The molecule has 0 atom stereocenters. The summed E-state index contributed by atoms with van der Waals surface area (Å²) in [6, 6.07) is 8.71. The number of nitrogens with zero attached hydrogens (tertiary/aromatic N) is 1. The number of aromatic hydroxyl groups is 1. The Labute approximate surface area is 190 Å². The summed E-state index contributed by atoms with van der Waals surface area (Å²) in [6.45, 7) is 14.4. The lowest BCUT2D eigenvalue weighted by molar-refractivity contribution is -0.152. The van der Waals surface area contributed by atoms with Gasteiger partial charge in [-0.15, -0.1) is 0 Å². The van der Waals surface area contributed by atoms with Gasteiger partial charge in [0, 0.05) is 24.3 Å².